The summed E-state index contributed by atoms with van der Waals surface area (Å²) in [5, 5.41) is 3.27. The molecule has 1 aromatic rings. The quantitative estimate of drug-likeness (QED) is 0.892. The second kappa shape index (κ2) is 5.22. The van der Waals surface area contributed by atoms with Gasteiger partial charge in [0.25, 0.3) is 5.92 Å². The predicted octanol–water partition coefficient (Wildman–Crippen LogP) is 2.84. The van der Waals surface area contributed by atoms with Crippen molar-refractivity contribution in [2.24, 2.45) is 5.92 Å². The number of piperazine rings is 1. The predicted molar refractivity (Wildman–Crippen MR) is 70.3 cm³/mol. The van der Waals surface area contributed by atoms with Crippen LogP contribution in [0.2, 0.25) is 0 Å². The Morgan fingerprint density at radius 2 is 1.67 bits per heavy atom. The first kappa shape index (κ1) is 13.3. The smallest absolute Gasteiger partial charge is 0.275 e. The minimum absolute atomic E-state index is 0.108. The van der Waals surface area contributed by atoms with Gasteiger partial charge in [-0.25, -0.2) is 8.78 Å². The molecule has 4 heteroatoms. The van der Waals surface area contributed by atoms with Gasteiger partial charge in [0, 0.05) is 43.3 Å². The number of alkyl halides is 2. The van der Waals surface area contributed by atoms with E-state index in [0.717, 1.165) is 31.9 Å². The summed E-state index contributed by atoms with van der Waals surface area (Å²) >= 11 is 0. The van der Waals surface area contributed by atoms with Crippen LogP contribution in [0.1, 0.15) is 19.4 Å². The van der Waals surface area contributed by atoms with Crippen molar-refractivity contribution in [1.82, 2.24) is 5.32 Å². The number of anilines is 1. The SMILES string of the molecule is CC(C)C(F)(F)c1ccc(N2CCNCC2)cc1. The van der Waals surface area contributed by atoms with Gasteiger partial charge in [-0.15, -0.1) is 0 Å². The van der Waals surface area contributed by atoms with Gasteiger partial charge in [0.05, 0.1) is 0 Å². The summed E-state index contributed by atoms with van der Waals surface area (Å²) in [4.78, 5) is 2.22. The minimum atomic E-state index is -2.75. The molecular formula is C14H20F2N2. The Bertz CT molecular complexity index is 381. The highest BCUT2D eigenvalue weighted by Gasteiger charge is 2.35. The van der Waals surface area contributed by atoms with Crippen LogP contribution in [-0.2, 0) is 5.92 Å². The average Bonchev–Trinajstić information content (AvgIpc) is 2.40. The van der Waals surface area contributed by atoms with Crippen LogP contribution in [0.3, 0.4) is 0 Å². The first-order valence-electron chi connectivity index (χ1n) is 6.46. The van der Waals surface area contributed by atoms with Crippen LogP contribution in [0.4, 0.5) is 14.5 Å². The van der Waals surface area contributed by atoms with Gasteiger partial charge >= 0.3 is 0 Å². The standard InChI is InChI=1S/C14H20F2N2/c1-11(2)14(15,16)12-3-5-13(6-4-12)18-9-7-17-8-10-18/h3-6,11,17H,7-10H2,1-2H3. The van der Waals surface area contributed by atoms with Crippen molar-refractivity contribution in [3.63, 3.8) is 0 Å². The number of benzene rings is 1. The molecule has 1 heterocycles. The van der Waals surface area contributed by atoms with E-state index in [-0.39, 0.29) is 5.56 Å². The van der Waals surface area contributed by atoms with E-state index < -0.39 is 11.8 Å². The Balaban J connectivity index is 2.14. The third kappa shape index (κ3) is 2.64. The van der Waals surface area contributed by atoms with Gasteiger partial charge in [0.15, 0.2) is 0 Å². The molecule has 100 valence electrons. The van der Waals surface area contributed by atoms with Crippen LogP contribution in [0.5, 0.6) is 0 Å². The van der Waals surface area contributed by atoms with Crippen molar-refractivity contribution in [2.45, 2.75) is 19.8 Å². The van der Waals surface area contributed by atoms with Crippen molar-refractivity contribution in [3.8, 4) is 0 Å². The van der Waals surface area contributed by atoms with Gasteiger partial charge in [0.2, 0.25) is 0 Å². The molecule has 0 saturated carbocycles. The Morgan fingerprint density at radius 3 is 2.17 bits per heavy atom. The minimum Gasteiger partial charge on any atom is -0.369 e. The highest BCUT2D eigenvalue weighted by molar-refractivity contribution is 5.48. The normalized spacial score (nSPS) is 17.3. The van der Waals surface area contributed by atoms with E-state index in [0.29, 0.717) is 0 Å². The lowest BCUT2D eigenvalue weighted by atomic mass is 9.97. The van der Waals surface area contributed by atoms with Gasteiger partial charge in [0.1, 0.15) is 0 Å². The maximum absolute atomic E-state index is 13.8. The first-order chi connectivity index (χ1) is 8.51. The molecule has 0 aromatic heterocycles. The van der Waals surface area contributed by atoms with Crippen molar-refractivity contribution in [1.29, 1.82) is 0 Å². The number of nitrogens with one attached hydrogen (secondary N) is 1. The van der Waals surface area contributed by atoms with Crippen LogP contribution in [0.15, 0.2) is 24.3 Å². The van der Waals surface area contributed by atoms with Crippen LogP contribution in [-0.4, -0.2) is 26.2 Å². The molecule has 0 spiro atoms. The lowest BCUT2D eigenvalue weighted by Gasteiger charge is -2.30. The Labute approximate surface area is 107 Å². The zero-order valence-electron chi connectivity index (χ0n) is 10.9. The highest BCUT2D eigenvalue weighted by atomic mass is 19.3. The van der Waals surface area contributed by atoms with E-state index in [4.69, 9.17) is 0 Å². The van der Waals surface area contributed by atoms with Crippen molar-refractivity contribution < 1.29 is 8.78 Å². The molecule has 0 atom stereocenters. The van der Waals surface area contributed by atoms with Crippen LogP contribution < -0.4 is 10.2 Å². The molecule has 18 heavy (non-hydrogen) atoms. The summed E-state index contributed by atoms with van der Waals surface area (Å²) in [7, 11) is 0. The van der Waals surface area contributed by atoms with Gasteiger partial charge < -0.3 is 10.2 Å². The second-order valence-corrected chi connectivity index (χ2v) is 5.06. The summed E-state index contributed by atoms with van der Waals surface area (Å²) in [6.45, 7) is 6.85. The second-order valence-electron chi connectivity index (χ2n) is 5.06. The molecule has 0 bridgehead atoms. The lowest BCUT2D eigenvalue weighted by molar-refractivity contribution is -0.0513. The number of hydrogen-bond donors (Lipinski definition) is 1. The Kier molecular flexibility index (Phi) is 3.85. The van der Waals surface area contributed by atoms with E-state index in [1.165, 1.54) is 0 Å². The summed E-state index contributed by atoms with van der Waals surface area (Å²) in [5.41, 5.74) is 1.14. The van der Waals surface area contributed by atoms with E-state index in [1.54, 1.807) is 38.1 Å². The third-order valence-corrected chi connectivity index (χ3v) is 3.46. The molecular weight excluding hydrogens is 234 g/mol. The molecule has 0 radical (unpaired) electrons. The topological polar surface area (TPSA) is 15.3 Å². The molecule has 0 aliphatic carbocycles. The lowest BCUT2D eigenvalue weighted by Crippen LogP contribution is -2.43. The molecule has 1 aromatic carbocycles. The summed E-state index contributed by atoms with van der Waals surface area (Å²) in [6, 6.07) is 6.71. The summed E-state index contributed by atoms with van der Waals surface area (Å²) in [6.07, 6.45) is 0. The first-order valence-corrected chi connectivity index (χ1v) is 6.46. The molecule has 1 saturated heterocycles. The molecule has 1 aliphatic heterocycles. The zero-order chi connectivity index (χ0) is 13.2. The fourth-order valence-electron chi connectivity index (χ4n) is 2.15. The van der Waals surface area contributed by atoms with Crippen LogP contribution >= 0.6 is 0 Å². The van der Waals surface area contributed by atoms with Crippen LogP contribution in [0, 0.1) is 5.92 Å². The van der Waals surface area contributed by atoms with Gasteiger partial charge in [-0.05, 0) is 12.1 Å². The molecule has 1 fully saturated rings. The fourth-order valence-corrected chi connectivity index (χ4v) is 2.15. The molecule has 2 rings (SSSR count). The number of nitrogens with zero attached hydrogens (tertiary/aromatic N) is 1. The largest absolute Gasteiger partial charge is 0.369 e. The van der Waals surface area contributed by atoms with Crippen LogP contribution in [0.25, 0.3) is 0 Å². The monoisotopic (exact) mass is 254 g/mol. The van der Waals surface area contributed by atoms with E-state index in [9.17, 15) is 8.78 Å². The maximum atomic E-state index is 13.8. The zero-order valence-corrected chi connectivity index (χ0v) is 10.9. The van der Waals surface area contributed by atoms with Gasteiger partial charge in [-0.3, -0.25) is 0 Å². The van der Waals surface area contributed by atoms with E-state index in [1.807, 2.05) is 0 Å². The van der Waals surface area contributed by atoms with E-state index >= 15 is 0 Å². The van der Waals surface area contributed by atoms with E-state index in [2.05, 4.69) is 10.2 Å². The maximum Gasteiger partial charge on any atom is 0.275 e. The van der Waals surface area contributed by atoms with Crippen molar-refractivity contribution >= 4 is 5.69 Å². The molecule has 1 aliphatic rings. The summed E-state index contributed by atoms with van der Waals surface area (Å²) in [5.74, 6) is -3.43. The average molecular weight is 254 g/mol. The molecule has 0 amide bonds. The highest BCUT2D eigenvalue weighted by Crippen LogP contribution is 2.36. The van der Waals surface area contributed by atoms with Gasteiger partial charge in [-0.2, -0.15) is 0 Å². The number of hydrogen-bond acceptors (Lipinski definition) is 2. The summed E-state index contributed by atoms with van der Waals surface area (Å²) < 4.78 is 27.7. The number of halogens is 2. The molecule has 2 nitrogen and oxygen atoms in total. The van der Waals surface area contributed by atoms with Gasteiger partial charge in [-0.1, -0.05) is 26.0 Å². The Hall–Kier alpha value is -1.16. The number of rotatable bonds is 3. The molecule has 1 N–H and O–H groups in total. The molecule has 0 unspecified atom stereocenters. The van der Waals surface area contributed by atoms with Crippen molar-refractivity contribution in [3.05, 3.63) is 29.8 Å². The third-order valence-electron chi connectivity index (χ3n) is 3.46. The van der Waals surface area contributed by atoms with Crippen molar-refractivity contribution in [2.75, 3.05) is 31.1 Å². The Morgan fingerprint density at radius 1 is 1.11 bits per heavy atom. The fraction of sp³-hybridized carbons (Fsp3) is 0.571.